The predicted molar refractivity (Wildman–Crippen MR) is 38.6 cm³/mol. The van der Waals surface area contributed by atoms with Gasteiger partial charge >= 0.3 is 0 Å². The molecule has 1 aliphatic carbocycles. The highest BCUT2D eigenvalue weighted by Crippen LogP contribution is 2.28. The second-order valence-electron chi connectivity index (χ2n) is 3.15. The first-order valence-electron chi connectivity index (χ1n) is 4.02. The molecule has 3 heteroatoms. The number of aliphatic hydroxyl groups is 1. The Morgan fingerprint density at radius 3 is 2.80 bits per heavy atom. The summed E-state index contributed by atoms with van der Waals surface area (Å²) in [6.07, 6.45) is 2.36. The highest BCUT2D eigenvalue weighted by atomic mass is 16.3. The van der Waals surface area contributed by atoms with E-state index in [9.17, 15) is 5.11 Å². The van der Waals surface area contributed by atoms with Crippen LogP contribution >= 0.6 is 0 Å². The fourth-order valence-electron chi connectivity index (χ4n) is 1.54. The molecule has 0 aromatic rings. The Balaban J connectivity index is 1.90. The van der Waals surface area contributed by atoms with E-state index in [0.29, 0.717) is 6.04 Å². The van der Waals surface area contributed by atoms with Gasteiger partial charge in [-0.2, -0.15) is 0 Å². The van der Waals surface area contributed by atoms with Gasteiger partial charge in [0, 0.05) is 25.7 Å². The van der Waals surface area contributed by atoms with E-state index in [-0.39, 0.29) is 6.23 Å². The maximum Gasteiger partial charge on any atom is 0.120 e. The van der Waals surface area contributed by atoms with Crippen LogP contribution in [0.5, 0.6) is 0 Å². The Bertz CT molecular complexity index is 125. The van der Waals surface area contributed by atoms with Gasteiger partial charge in [-0.15, -0.1) is 0 Å². The summed E-state index contributed by atoms with van der Waals surface area (Å²) in [7, 11) is 0. The van der Waals surface area contributed by atoms with Gasteiger partial charge in [-0.1, -0.05) is 0 Å². The summed E-state index contributed by atoms with van der Waals surface area (Å²) in [6, 6.07) is 0.706. The molecule has 0 radical (unpaired) electrons. The average Bonchev–Trinajstić information content (AvgIpc) is 2.71. The van der Waals surface area contributed by atoms with Gasteiger partial charge in [0.1, 0.15) is 6.23 Å². The minimum atomic E-state index is -0.221. The molecule has 58 valence electrons. The van der Waals surface area contributed by atoms with Gasteiger partial charge in [-0.25, -0.2) is 0 Å². The summed E-state index contributed by atoms with van der Waals surface area (Å²) in [6.45, 7) is 2.80. The molecule has 2 fully saturated rings. The molecular formula is C7H14N2O. The number of hydrogen-bond acceptors (Lipinski definition) is 3. The number of hydrogen-bond donors (Lipinski definition) is 2. The van der Waals surface area contributed by atoms with E-state index < -0.39 is 0 Å². The van der Waals surface area contributed by atoms with Crippen LogP contribution in [0.4, 0.5) is 0 Å². The first-order chi connectivity index (χ1) is 4.88. The average molecular weight is 142 g/mol. The Labute approximate surface area is 61.0 Å². The van der Waals surface area contributed by atoms with Crippen LogP contribution in [0.2, 0.25) is 0 Å². The number of β-amino-alcohol motifs (C(OH)–C–C–N with tert-alkyl or cyclic N) is 1. The van der Waals surface area contributed by atoms with Crippen LogP contribution in [0.15, 0.2) is 0 Å². The normalized spacial score (nSPS) is 36.3. The minimum Gasteiger partial charge on any atom is -0.377 e. The minimum absolute atomic E-state index is 0.221. The van der Waals surface area contributed by atoms with Crippen molar-refractivity contribution in [1.29, 1.82) is 0 Å². The van der Waals surface area contributed by atoms with E-state index in [1.54, 1.807) is 0 Å². The standard InChI is InChI=1S/C7H14N2O/c10-7-5-8-3-4-9(7)6-1-2-6/h6-8,10H,1-5H2. The number of nitrogens with one attached hydrogen (secondary N) is 1. The summed E-state index contributed by atoms with van der Waals surface area (Å²) in [5.74, 6) is 0. The topological polar surface area (TPSA) is 35.5 Å². The van der Waals surface area contributed by atoms with Crippen LogP contribution in [-0.4, -0.2) is 41.9 Å². The molecule has 3 nitrogen and oxygen atoms in total. The summed E-state index contributed by atoms with van der Waals surface area (Å²) < 4.78 is 0. The Morgan fingerprint density at radius 2 is 2.20 bits per heavy atom. The molecule has 1 unspecified atom stereocenters. The van der Waals surface area contributed by atoms with Crippen LogP contribution in [0.3, 0.4) is 0 Å². The monoisotopic (exact) mass is 142 g/mol. The van der Waals surface area contributed by atoms with Crippen LogP contribution in [-0.2, 0) is 0 Å². The lowest BCUT2D eigenvalue weighted by molar-refractivity contribution is -0.0181. The van der Waals surface area contributed by atoms with Gasteiger partial charge in [0.25, 0.3) is 0 Å². The van der Waals surface area contributed by atoms with E-state index >= 15 is 0 Å². The van der Waals surface area contributed by atoms with E-state index in [1.807, 2.05) is 0 Å². The molecule has 2 rings (SSSR count). The molecule has 0 bridgehead atoms. The number of nitrogens with zero attached hydrogens (tertiary/aromatic N) is 1. The molecule has 1 saturated carbocycles. The van der Waals surface area contributed by atoms with Crippen molar-refractivity contribution >= 4 is 0 Å². The molecule has 0 aromatic carbocycles. The van der Waals surface area contributed by atoms with E-state index in [2.05, 4.69) is 10.2 Å². The molecule has 2 N–H and O–H groups in total. The van der Waals surface area contributed by atoms with E-state index in [1.165, 1.54) is 12.8 Å². The van der Waals surface area contributed by atoms with Crippen molar-refractivity contribution < 1.29 is 5.11 Å². The van der Waals surface area contributed by atoms with Crippen molar-refractivity contribution in [1.82, 2.24) is 10.2 Å². The van der Waals surface area contributed by atoms with E-state index in [0.717, 1.165) is 19.6 Å². The molecular weight excluding hydrogens is 128 g/mol. The first kappa shape index (κ1) is 6.58. The number of piperazine rings is 1. The Morgan fingerprint density at radius 1 is 1.40 bits per heavy atom. The number of rotatable bonds is 1. The summed E-state index contributed by atoms with van der Waals surface area (Å²) in [4.78, 5) is 2.20. The third kappa shape index (κ3) is 1.17. The zero-order valence-corrected chi connectivity index (χ0v) is 6.08. The molecule has 0 spiro atoms. The van der Waals surface area contributed by atoms with Crippen molar-refractivity contribution in [2.24, 2.45) is 0 Å². The smallest absolute Gasteiger partial charge is 0.120 e. The lowest BCUT2D eigenvalue weighted by atomic mass is 10.3. The molecule has 1 aliphatic heterocycles. The maximum atomic E-state index is 9.44. The van der Waals surface area contributed by atoms with Crippen molar-refractivity contribution in [3.8, 4) is 0 Å². The second-order valence-corrected chi connectivity index (χ2v) is 3.15. The van der Waals surface area contributed by atoms with Crippen LogP contribution < -0.4 is 5.32 Å². The number of aliphatic hydroxyl groups excluding tert-OH is 1. The Kier molecular flexibility index (Phi) is 1.64. The second kappa shape index (κ2) is 2.49. The molecule has 1 heterocycles. The van der Waals surface area contributed by atoms with Crippen molar-refractivity contribution in [3.63, 3.8) is 0 Å². The highest BCUT2D eigenvalue weighted by molar-refractivity contribution is 4.88. The van der Waals surface area contributed by atoms with Gasteiger partial charge in [0.15, 0.2) is 0 Å². The van der Waals surface area contributed by atoms with Crippen molar-refractivity contribution in [2.45, 2.75) is 25.1 Å². The van der Waals surface area contributed by atoms with E-state index in [4.69, 9.17) is 0 Å². The van der Waals surface area contributed by atoms with Crippen LogP contribution in [0.25, 0.3) is 0 Å². The lowest BCUT2D eigenvalue weighted by Crippen LogP contribution is -2.51. The molecule has 10 heavy (non-hydrogen) atoms. The zero-order valence-electron chi connectivity index (χ0n) is 6.08. The molecule has 0 amide bonds. The fraction of sp³-hybridized carbons (Fsp3) is 1.00. The van der Waals surface area contributed by atoms with Gasteiger partial charge in [0.2, 0.25) is 0 Å². The molecule has 0 aromatic heterocycles. The summed E-state index contributed by atoms with van der Waals surface area (Å²) in [5, 5.41) is 12.6. The molecule has 1 saturated heterocycles. The lowest BCUT2D eigenvalue weighted by Gasteiger charge is -2.32. The SMILES string of the molecule is OC1CNCCN1C1CC1. The summed E-state index contributed by atoms with van der Waals surface area (Å²) >= 11 is 0. The van der Waals surface area contributed by atoms with Gasteiger partial charge < -0.3 is 10.4 Å². The largest absolute Gasteiger partial charge is 0.377 e. The molecule has 1 atom stereocenters. The quantitative estimate of drug-likeness (QED) is 0.512. The van der Waals surface area contributed by atoms with Gasteiger partial charge in [0.05, 0.1) is 0 Å². The first-order valence-corrected chi connectivity index (χ1v) is 4.02. The van der Waals surface area contributed by atoms with Gasteiger partial charge in [-0.3, -0.25) is 4.90 Å². The third-order valence-corrected chi connectivity index (χ3v) is 2.27. The zero-order chi connectivity index (χ0) is 6.97. The van der Waals surface area contributed by atoms with Crippen molar-refractivity contribution in [3.05, 3.63) is 0 Å². The van der Waals surface area contributed by atoms with Crippen LogP contribution in [0.1, 0.15) is 12.8 Å². The van der Waals surface area contributed by atoms with Gasteiger partial charge in [-0.05, 0) is 12.8 Å². The molecule has 2 aliphatic rings. The van der Waals surface area contributed by atoms with Crippen LogP contribution in [0, 0.1) is 0 Å². The van der Waals surface area contributed by atoms with Crippen molar-refractivity contribution in [2.75, 3.05) is 19.6 Å². The third-order valence-electron chi connectivity index (χ3n) is 2.27. The predicted octanol–water partition coefficient (Wildman–Crippen LogP) is -0.628. The maximum absolute atomic E-state index is 9.44. The fourth-order valence-corrected chi connectivity index (χ4v) is 1.54. The summed E-state index contributed by atoms with van der Waals surface area (Å²) in [5.41, 5.74) is 0. The Hall–Kier alpha value is -0.120. The highest BCUT2D eigenvalue weighted by Gasteiger charge is 2.33.